The summed E-state index contributed by atoms with van der Waals surface area (Å²) in [5.74, 6) is -8.94. The quantitative estimate of drug-likeness (QED) is 0.0716. The van der Waals surface area contributed by atoms with Crippen molar-refractivity contribution in [2.75, 3.05) is 26.2 Å². The number of hydrogen-bond donors (Lipinski definition) is 4. The Morgan fingerprint density at radius 1 is 0.754 bits per heavy atom. The first-order valence-corrected chi connectivity index (χ1v) is 18.6. The molecule has 0 unspecified atom stereocenters. The second-order valence-electron chi connectivity index (χ2n) is 13.6. The van der Waals surface area contributed by atoms with Crippen molar-refractivity contribution >= 4 is 28.7 Å². The second kappa shape index (κ2) is 20.9. The summed E-state index contributed by atoms with van der Waals surface area (Å²) in [5.41, 5.74) is 0.489. The van der Waals surface area contributed by atoms with E-state index in [1.165, 1.54) is 22.8 Å². The molecule has 1 heterocycles. The summed E-state index contributed by atoms with van der Waals surface area (Å²) in [7, 11) is 0. The maximum absolute atomic E-state index is 14.6. The maximum Gasteiger partial charge on any atom is 0.416 e. The minimum Gasteiger partial charge on any atom is -0.479 e. The Bertz CT molecular complexity index is 2370. The molecule has 12 nitrogen and oxygen atoms in total. The lowest BCUT2D eigenvalue weighted by Gasteiger charge is -2.28. The van der Waals surface area contributed by atoms with Crippen molar-refractivity contribution in [2.24, 2.45) is 0 Å². The Morgan fingerprint density at radius 2 is 1.33 bits per heavy atom. The number of aliphatic carboxylic acids is 2. The number of aliphatic hydroxyl groups is 2. The molecule has 0 aliphatic carbocycles. The van der Waals surface area contributed by atoms with Gasteiger partial charge in [-0.15, -0.1) is 0 Å². The highest BCUT2D eigenvalue weighted by molar-refractivity contribution is 5.83. The predicted molar refractivity (Wildman–Crippen MR) is 207 cm³/mol. The number of carboxylic acids is 2. The summed E-state index contributed by atoms with van der Waals surface area (Å²) in [6.07, 6.45) is -9.32. The van der Waals surface area contributed by atoms with Gasteiger partial charge in [-0.3, -0.25) is 9.59 Å². The lowest BCUT2D eigenvalue weighted by molar-refractivity contribution is -0.165. The number of carbonyl (C=O) groups is 3. The number of nitrogens with zero attached hydrogens (tertiary/aromatic N) is 4. The van der Waals surface area contributed by atoms with Crippen molar-refractivity contribution in [3.05, 3.63) is 135 Å². The molecular formula is C42H41F7N4O8. The predicted octanol–water partition coefficient (Wildman–Crippen LogP) is 5.67. The minimum atomic E-state index is -4.45. The van der Waals surface area contributed by atoms with E-state index < -0.39 is 70.6 Å². The van der Waals surface area contributed by atoms with Gasteiger partial charge in [0.05, 0.1) is 16.5 Å². The lowest BCUT2D eigenvalue weighted by atomic mass is 10.0. The highest BCUT2D eigenvalue weighted by Gasteiger charge is 2.30. The standard InChI is InChI=1S/C38H35F7N4O2.C4H6O6/c1-3-47(4-2)19-20-48(22-24-5-7-25(8-6-24)26-9-13-28(14-10-26)38(43,44)45)34(50)23-49-32-21-29(39)15-16-30(32)37(51)46-33(49)18-12-27-11-17-31(40)36(42)35(27)41;5-1(3(7)8)2(6)4(9)10/h5-11,13-17,21H,3-4,12,18-20,22-23H2,1-2H3;1-2,5-6H,(H,7,8)(H,9,10)/t;1-,2-/m.1/s1. The van der Waals surface area contributed by atoms with Crippen LogP contribution in [0, 0.1) is 23.3 Å². The van der Waals surface area contributed by atoms with Gasteiger partial charge in [-0.05, 0) is 78.2 Å². The van der Waals surface area contributed by atoms with E-state index in [0.29, 0.717) is 24.2 Å². The molecule has 2 atom stereocenters. The number of halogens is 7. The highest BCUT2D eigenvalue weighted by Crippen LogP contribution is 2.31. The summed E-state index contributed by atoms with van der Waals surface area (Å²) in [6, 6.07) is 17.2. The monoisotopic (exact) mass is 862 g/mol. The van der Waals surface area contributed by atoms with Gasteiger partial charge in [0.25, 0.3) is 5.56 Å². The Kier molecular flexibility index (Phi) is 16.3. The lowest BCUT2D eigenvalue weighted by Crippen LogP contribution is -2.40. The number of hydrogen-bond acceptors (Lipinski definition) is 8. The van der Waals surface area contributed by atoms with Gasteiger partial charge in [-0.25, -0.2) is 27.2 Å². The number of carbonyl (C=O) groups excluding carboxylic acids is 1. The molecule has 5 rings (SSSR count). The van der Waals surface area contributed by atoms with Crippen LogP contribution < -0.4 is 5.56 Å². The maximum atomic E-state index is 14.6. The Morgan fingerprint density at radius 3 is 1.87 bits per heavy atom. The molecule has 5 aromatic rings. The van der Waals surface area contributed by atoms with Crippen LogP contribution in [0.25, 0.3) is 22.0 Å². The van der Waals surface area contributed by atoms with Crippen LogP contribution in [0.4, 0.5) is 30.7 Å². The zero-order valence-corrected chi connectivity index (χ0v) is 32.7. The molecule has 0 saturated carbocycles. The number of alkyl halides is 3. The topological polar surface area (TPSA) is 174 Å². The number of rotatable bonds is 16. The van der Waals surface area contributed by atoms with Crippen LogP contribution in [0.3, 0.4) is 0 Å². The summed E-state index contributed by atoms with van der Waals surface area (Å²) < 4.78 is 97.0. The Balaban J connectivity index is 0.000000727. The first-order valence-electron chi connectivity index (χ1n) is 18.6. The zero-order chi connectivity index (χ0) is 45.2. The number of benzene rings is 4. The SMILES string of the molecule is CCN(CC)CCN(Cc1ccc(-c2ccc(C(F)(F)F)cc2)cc1)C(=O)Cn1c(CCc2ccc(F)c(F)c2F)nc(=O)c2ccc(F)cc21.O=C(O)[C@H](O)[C@@H](O)C(=O)O. The van der Waals surface area contributed by atoms with Crippen molar-refractivity contribution in [1.29, 1.82) is 0 Å². The first kappa shape index (κ1) is 47.5. The second-order valence-corrected chi connectivity index (χ2v) is 13.6. The molecule has 4 aromatic carbocycles. The molecule has 1 aromatic heterocycles. The molecule has 0 saturated heterocycles. The van der Waals surface area contributed by atoms with Crippen LogP contribution in [0.5, 0.6) is 0 Å². The molecule has 0 aliphatic rings. The summed E-state index contributed by atoms with van der Waals surface area (Å²) in [4.78, 5) is 54.5. The van der Waals surface area contributed by atoms with Gasteiger partial charge < -0.3 is 34.8 Å². The van der Waals surface area contributed by atoms with Crippen molar-refractivity contribution in [1.82, 2.24) is 19.4 Å². The van der Waals surface area contributed by atoms with E-state index in [1.807, 2.05) is 13.8 Å². The summed E-state index contributed by atoms with van der Waals surface area (Å²) in [6.45, 7) is 6.07. The van der Waals surface area contributed by atoms with Gasteiger partial charge in [0.1, 0.15) is 18.2 Å². The van der Waals surface area contributed by atoms with E-state index in [9.17, 15) is 49.9 Å². The smallest absolute Gasteiger partial charge is 0.416 e. The van der Waals surface area contributed by atoms with Gasteiger partial charge >= 0.3 is 18.1 Å². The molecule has 0 bridgehead atoms. The van der Waals surface area contributed by atoms with Gasteiger partial charge in [-0.1, -0.05) is 56.3 Å². The van der Waals surface area contributed by atoms with Crippen LogP contribution in [0.15, 0.2) is 83.7 Å². The normalized spacial score (nSPS) is 12.5. The molecule has 4 N–H and O–H groups in total. The third-order valence-electron chi connectivity index (χ3n) is 9.66. The van der Waals surface area contributed by atoms with E-state index in [2.05, 4.69) is 9.88 Å². The van der Waals surface area contributed by atoms with E-state index in [1.54, 1.807) is 29.2 Å². The average Bonchev–Trinajstić information content (AvgIpc) is 3.23. The minimum absolute atomic E-state index is 0.0279. The van der Waals surface area contributed by atoms with Gasteiger partial charge in [0.2, 0.25) is 5.91 Å². The molecule has 0 spiro atoms. The van der Waals surface area contributed by atoms with Crippen LogP contribution in [0.2, 0.25) is 0 Å². The molecule has 0 radical (unpaired) electrons. The fourth-order valence-corrected chi connectivity index (χ4v) is 6.13. The number of likely N-dealkylation sites (N-methyl/N-ethyl adjacent to an activating group) is 1. The Labute approximate surface area is 343 Å². The van der Waals surface area contributed by atoms with E-state index in [4.69, 9.17) is 20.4 Å². The Hall–Kier alpha value is -6.18. The third kappa shape index (κ3) is 12.4. The fraction of sp³-hybridized carbons (Fsp3) is 0.310. The van der Waals surface area contributed by atoms with Crippen LogP contribution in [-0.4, -0.2) is 96.0 Å². The molecule has 0 fully saturated rings. The van der Waals surface area contributed by atoms with Crippen LogP contribution >= 0.6 is 0 Å². The molecule has 0 aliphatic heterocycles. The number of amides is 1. The summed E-state index contributed by atoms with van der Waals surface area (Å²) >= 11 is 0. The zero-order valence-electron chi connectivity index (χ0n) is 32.7. The highest BCUT2D eigenvalue weighted by atomic mass is 19.4. The van der Waals surface area contributed by atoms with Crippen LogP contribution in [0.1, 0.15) is 36.4 Å². The van der Waals surface area contributed by atoms with Crippen molar-refractivity contribution in [3.8, 4) is 11.1 Å². The first-order chi connectivity index (χ1) is 28.7. The molecular weight excluding hydrogens is 821 g/mol. The van der Waals surface area contributed by atoms with Crippen molar-refractivity contribution in [2.45, 2.75) is 58.2 Å². The van der Waals surface area contributed by atoms with E-state index >= 15 is 0 Å². The van der Waals surface area contributed by atoms with Crippen LogP contribution in [-0.2, 0) is 46.5 Å². The molecule has 1 amide bonds. The number of fused-ring (bicyclic) bond motifs is 1. The average molecular weight is 863 g/mol. The van der Waals surface area contributed by atoms with Gasteiger partial charge in [0, 0.05) is 26.1 Å². The fourth-order valence-electron chi connectivity index (χ4n) is 6.13. The largest absolute Gasteiger partial charge is 0.479 e. The van der Waals surface area contributed by atoms with E-state index in [-0.39, 0.29) is 48.2 Å². The number of aliphatic hydroxyl groups excluding tert-OH is 2. The number of carboxylic acid groups (broad SMARTS) is 2. The molecule has 61 heavy (non-hydrogen) atoms. The van der Waals surface area contributed by atoms with Gasteiger partial charge in [-0.2, -0.15) is 18.2 Å². The number of aryl methyl sites for hydroxylation is 2. The summed E-state index contributed by atoms with van der Waals surface area (Å²) in [5, 5.41) is 32.6. The third-order valence-corrected chi connectivity index (χ3v) is 9.66. The van der Waals surface area contributed by atoms with Crippen molar-refractivity contribution < 1.29 is 65.5 Å². The number of aromatic nitrogens is 2. The van der Waals surface area contributed by atoms with E-state index in [0.717, 1.165) is 55.1 Å². The van der Waals surface area contributed by atoms with Gasteiger partial charge in [0.15, 0.2) is 29.7 Å². The molecule has 19 heteroatoms. The molecule has 326 valence electrons. The van der Waals surface area contributed by atoms with Crippen molar-refractivity contribution in [3.63, 3.8) is 0 Å².